The first-order valence-electron chi connectivity index (χ1n) is 7.30. The van der Waals surface area contributed by atoms with Crippen molar-refractivity contribution in [2.45, 2.75) is 26.2 Å². The predicted molar refractivity (Wildman–Crippen MR) is 83.7 cm³/mol. The highest BCUT2D eigenvalue weighted by Gasteiger charge is 2.26. The number of fused-ring (bicyclic) bond motifs is 1. The van der Waals surface area contributed by atoms with Gasteiger partial charge in [0.2, 0.25) is 0 Å². The number of hydrogen-bond donors (Lipinski definition) is 2. The monoisotopic (exact) mass is 298 g/mol. The highest BCUT2D eigenvalue weighted by Crippen LogP contribution is 2.27. The molecule has 2 N–H and O–H groups in total. The van der Waals surface area contributed by atoms with Gasteiger partial charge in [-0.2, -0.15) is 0 Å². The maximum Gasteiger partial charge on any atom is 0.272 e. The Bertz CT molecular complexity index is 729. The molecule has 22 heavy (non-hydrogen) atoms. The number of aromatic nitrogens is 1. The molecule has 0 saturated carbocycles. The van der Waals surface area contributed by atoms with Crippen LogP contribution in [0, 0.1) is 6.92 Å². The van der Waals surface area contributed by atoms with E-state index in [-0.39, 0.29) is 11.7 Å². The minimum Gasteiger partial charge on any atom is -0.497 e. The summed E-state index contributed by atoms with van der Waals surface area (Å²) in [4.78, 5) is 27.6. The largest absolute Gasteiger partial charge is 0.497 e. The third kappa shape index (κ3) is 2.50. The van der Waals surface area contributed by atoms with Gasteiger partial charge in [-0.3, -0.25) is 9.59 Å². The lowest BCUT2D eigenvalue weighted by molar-refractivity contribution is 0.0971. The highest BCUT2D eigenvalue weighted by molar-refractivity contribution is 6.08. The molecule has 1 aliphatic rings. The molecule has 2 aromatic rings. The van der Waals surface area contributed by atoms with Crippen LogP contribution in [0.5, 0.6) is 5.75 Å². The molecular weight excluding hydrogens is 280 g/mol. The number of H-pyrrole nitrogens is 1. The third-order valence-electron chi connectivity index (χ3n) is 4.01. The quantitative estimate of drug-likeness (QED) is 0.914. The summed E-state index contributed by atoms with van der Waals surface area (Å²) in [5.74, 6) is 0.624. The Morgan fingerprint density at radius 1 is 1.23 bits per heavy atom. The number of rotatable bonds is 3. The van der Waals surface area contributed by atoms with Crippen molar-refractivity contribution in [1.29, 1.82) is 0 Å². The second kappa shape index (κ2) is 5.67. The number of amides is 1. The molecule has 0 unspecified atom stereocenters. The Hall–Kier alpha value is -2.56. The van der Waals surface area contributed by atoms with E-state index in [2.05, 4.69) is 10.3 Å². The van der Waals surface area contributed by atoms with Gasteiger partial charge in [0.25, 0.3) is 5.91 Å². The lowest BCUT2D eigenvalue weighted by Gasteiger charge is -2.09. The Labute approximate surface area is 128 Å². The fraction of sp³-hybridized carbons (Fsp3) is 0.294. The normalized spacial score (nSPS) is 13.6. The van der Waals surface area contributed by atoms with E-state index in [1.165, 1.54) is 0 Å². The van der Waals surface area contributed by atoms with Gasteiger partial charge in [-0.25, -0.2) is 0 Å². The Kier molecular flexibility index (Phi) is 3.71. The van der Waals surface area contributed by atoms with Gasteiger partial charge >= 0.3 is 0 Å². The van der Waals surface area contributed by atoms with Crippen molar-refractivity contribution in [3.8, 4) is 5.75 Å². The smallest absolute Gasteiger partial charge is 0.272 e. The van der Waals surface area contributed by atoms with Crippen LogP contribution in [0.4, 0.5) is 5.69 Å². The molecule has 1 aromatic carbocycles. The van der Waals surface area contributed by atoms with Gasteiger partial charge in [0.05, 0.1) is 7.11 Å². The fourth-order valence-corrected chi connectivity index (χ4v) is 2.87. The summed E-state index contributed by atoms with van der Waals surface area (Å²) < 4.78 is 5.09. The van der Waals surface area contributed by atoms with Gasteiger partial charge < -0.3 is 15.0 Å². The third-order valence-corrected chi connectivity index (χ3v) is 4.01. The van der Waals surface area contributed by atoms with Crippen molar-refractivity contribution in [2.24, 2.45) is 0 Å². The van der Waals surface area contributed by atoms with Crippen LogP contribution in [0.3, 0.4) is 0 Å². The molecule has 1 aromatic heterocycles. The number of anilines is 1. The fourth-order valence-electron chi connectivity index (χ4n) is 2.87. The molecule has 0 bridgehead atoms. The average molecular weight is 298 g/mol. The SMILES string of the molecule is COc1ccc(NC(=O)c2[nH]c3c(c2C)C(=O)CCC3)cc1. The van der Waals surface area contributed by atoms with E-state index < -0.39 is 0 Å². The maximum absolute atomic E-state index is 12.4. The zero-order valence-electron chi connectivity index (χ0n) is 12.7. The summed E-state index contributed by atoms with van der Waals surface area (Å²) in [6, 6.07) is 7.12. The van der Waals surface area contributed by atoms with Gasteiger partial charge in [-0.05, 0) is 49.6 Å². The van der Waals surface area contributed by atoms with Crippen LogP contribution in [-0.2, 0) is 6.42 Å². The number of nitrogens with one attached hydrogen (secondary N) is 2. The number of aromatic amines is 1. The van der Waals surface area contributed by atoms with E-state index in [1.807, 2.05) is 6.92 Å². The van der Waals surface area contributed by atoms with Crippen molar-refractivity contribution in [3.05, 3.63) is 46.8 Å². The molecule has 0 fully saturated rings. The number of benzene rings is 1. The number of hydrogen-bond acceptors (Lipinski definition) is 3. The highest BCUT2D eigenvalue weighted by atomic mass is 16.5. The number of ketones is 1. The van der Waals surface area contributed by atoms with E-state index in [4.69, 9.17) is 4.74 Å². The molecule has 5 nitrogen and oxygen atoms in total. The zero-order valence-corrected chi connectivity index (χ0v) is 12.7. The van der Waals surface area contributed by atoms with Crippen molar-refractivity contribution in [2.75, 3.05) is 12.4 Å². The van der Waals surface area contributed by atoms with Crippen molar-refractivity contribution in [1.82, 2.24) is 4.98 Å². The summed E-state index contributed by atoms with van der Waals surface area (Å²) in [7, 11) is 1.59. The van der Waals surface area contributed by atoms with Crippen LogP contribution >= 0.6 is 0 Å². The summed E-state index contributed by atoms with van der Waals surface area (Å²) in [6.45, 7) is 1.82. The lowest BCUT2D eigenvalue weighted by atomic mass is 9.94. The Morgan fingerprint density at radius 2 is 1.95 bits per heavy atom. The standard InChI is InChI=1S/C17H18N2O3/c1-10-15-13(4-3-5-14(15)20)19-16(10)17(21)18-11-6-8-12(22-2)9-7-11/h6-9,19H,3-5H2,1-2H3,(H,18,21). The van der Waals surface area contributed by atoms with Crippen LogP contribution < -0.4 is 10.1 Å². The molecule has 0 atom stereocenters. The van der Waals surface area contributed by atoms with Gasteiger partial charge in [0.1, 0.15) is 11.4 Å². The van der Waals surface area contributed by atoms with Crippen molar-refractivity contribution in [3.63, 3.8) is 0 Å². The summed E-state index contributed by atoms with van der Waals surface area (Å²) in [5, 5.41) is 2.84. The first kappa shape index (κ1) is 14.4. The lowest BCUT2D eigenvalue weighted by Crippen LogP contribution is -2.13. The van der Waals surface area contributed by atoms with Gasteiger partial charge in [-0.15, -0.1) is 0 Å². The topological polar surface area (TPSA) is 71.2 Å². The number of carbonyl (C=O) groups excluding carboxylic acids is 2. The van der Waals surface area contributed by atoms with E-state index in [0.717, 1.165) is 29.8 Å². The molecule has 1 heterocycles. The first-order chi connectivity index (χ1) is 10.6. The predicted octanol–water partition coefficient (Wildman–Crippen LogP) is 3.10. The molecule has 0 spiro atoms. The van der Waals surface area contributed by atoms with Gasteiger partial charge in [0, 0.05) is 23.4 Å². The van der Waals surface area contributed by atoms with Crippen LogP contribution in [0.1, 0.15) is 44.9 Å². The molecular formula is C17H18N2O3. The van der Waals surface area contributed by atoms with E-state index in [0.29, 0.717) is 23.4 Å². The van der Waals surface area contributed by atoms with Crippen LogP contribution in [0.15, 0.2) is 24.3 Å². The Balaban J connectivity index is 1.84. The van der Waals surface area contributed by atoms with Crippen molar-refractivity contribution < 1.29 is 14.3 Å². The van der Waals surface area contributed by atoms with Crippen LogP contribution in [0.25, 0.3) is 0 Å². The van der Waals surface area contributed by atoms with Gasteiger partial charge in [-0.1, -0.05) is 0 Å². The zero-order chi connectivity index (χ0) is 15.7. The van der Waals surface area contributed by atoms with Gasteiger partial charge in [0.15, 0.2) is 5.78 Å². The molecule has 0 radical (unpaired) electrons. The van der Waals surface area contributed by atoms with Crippen LogP contribution in [-0.4, -0.2) is 23.8 Å². The van der Waals surface area contributed by atoms with Crippen molar-refractivity contribution >= 4 is 17.4 Å². The molecule has 0 aliphatic heterocycles. The molecule has 0 saturated heterocycles. The second-order valence-electron chi connectivity index (χ2n) is 5.44. The molecule has 1 amide bonds. The number of carbonyl (C=O) groups is 2. The molecule has 114 valence electrons. The average Bonchev–Trinajstić information content (AvgIpc) is 2.86. The summed E-state index contributed by atoms with van der Waals surface area (Å²) in [6.07, 6.45) is 2.22. The number of methoxy groups -OCH3 is 1. The maximum atomic E-state index is 12.4. The summed E-state index contributed by atoms with van der Waals surface area (Å²) in [5.41, 5.74) is 3.48. The first-order valence-corrected chi connectivity index (χ1v) is 7.30. The number of aryl methyl sites for hydroxylation is 1. The minimum absolute atomic E-state index is 0.124. The Morgan fingerprint density at radius 3 is 2.59 bits per heavy atom. The van der Waals surface area contributed by atoms with E-state index in [1.54, 1.807) is 31.4 Å². The molecule has 1 aliphatic carbocycles. The number of Topliss-reactive ketones (excluding diaryl/α,β-unsaturated/α-hetero) is 1. The number of ether oxygens (including phenoxy) is 1. The second-order valence-corrected chi connectivity index (χ2v) is 5.44. The molecule has 3 rings (SSSR count). The van der Waals surface area contributed by atoms with Crippen LogP contribution in [0.2, 0.25) is 0 Å². The minimum atomic E-state index is -0.232. The van der Waals surface area contributed by atoms with E-state index >= 15 is 0 Å². The van der Waals surface area contributed by atoms with E-state index in [9.17, 15) is 9.59 Å². The summed E-state index contributed by atoms with van der Waals surface area (Å²) >= 11 is 0. The molecule has 5 heteroatoms.